The summed E-state index contributed by atoms with van der Waals surface area (Å²) >= 11 is 0. The third-order valence-corrected chi connectivity index (χ3v) is 6.97. The van der Waals surface area contributed by atoms with Gasteiger partial charge in [0, 0.05) is 12.4 Å². The Kier molecular flexibility index (Phi) is 4.93. The van der Waals surface area contributed by atoms with E-state index in [0.717, 1.165) is 0 Å². The van der Waals surface area contributed by atoms with E-state index in [-0.39, 0.29) is 17.1 Å². The summed E-state index contributed by atoms with van der Waals surface area (Å²) in [5.41, 5.74) is 0.0540. The number of hydrogen-bond donors (Lipinski definition) is 2. The highest BCUT2D eigenvalue weighted by molar-refractivity contribution is 7.67. The fourth-order valence-electron chi connectivity index (χ4n) is 2.99. The molecule has 2 N–H and O–H groups in total. The van der Waals surface area contributed by atoms with Crippen LogP contribution in [0.3, 0.4) is 0 Å². The van der Waals surface area contributed by atoms with Gasteiger partial charge in [-0.25, -0.2) is 0 Å². The van der Waals surface area contributed by atoms with Gasteiger partial charge in [0.25, 0.3) is 0 Å². The van der Waals surface area contributed by atoms with E-state index in [0.29, 0.717) is 10.9 Å². The van der Waals surface area contributed by atoms with Crippen molar-refractivity contribution in [3.63, 3.8) is 0 Å². The van der Waals surface area contributed by atoms with E-state index >= 15 is 0 Å². The van der Waals surface area contributed by atoms with Gasteiger partial charge in [-0.2, -0.15) is 0 Å². The summed E-state index contributed by atoms with van der Waals surface area (Å²) in [4.78, 5) is 0. The Bertz CT molecular complexity index is 874. The van der Waals surface area contributed by atoms with Crippen molar-refractivity contribution in [2.24, 2.45) is 0 Å². The highest BCUT2D eigenvalue weighted by atomic mass is 31.2. The van der Waals surface area contributed by atoms with Gasteiger partial charge < -0.3 is 14.7 Å². The van der Waals surface area contributed by atoms with Crippen LogP contribution >= 0.6 is 7.37 Å². The van der Waals surface area contributed by atoms with Crippen molar-refractivity contribution < 1.29 is 19.3 Å². The van der Waals surface area contributed by atoms with Gasteiger partial charge in [0.15, 0.2) is 0 Å². The standard InChI is InChI=1S/C20H19O4P/c1-24-25(23,16-11-6-3-7-12-16)20(15-9-4-2-5-10-15)19-17(21)13-8-14-18(19)22/h2-14,20-22H,1H3. The van der Waals surface area contributed by atoms with E-state index in [1.165, 1.54) is 25.3 Å². The molecule has 3 aromatic rings. The van der Waals surface area contributed by atoms with Crippen molar-refractivity contribution in [2.75, 3.05) is 7.11 Å². The summed E-state index contributed by atoms with van der Waals surface area (Å²) in [5, 5.41) is 21.3. The molecule has 3 rings (SSSR count). The van der Waals surface area contributed by atoms with Crippen LogP contribution in [0.4, 0.5) is 0 Å². The third-order valence-electron chi connectivity index (χ3n) is 4.18. The van der Waals surface area contributed by atoms with Crippen LogP contribution in [0.5, 0.6) is 11.5 Å². The largest absolute Gasteiger partial charge is 0.507 e. The molecule has 0 aliphatic heterocycles. The summed E-state index contributed by atoms with van der Waals surface area (Å²) < 4.78 is 19.5. The van der Waals surface area contributed by atoms with Gasteiger partial charge in [0.2, 0.25) is 7.37 Å². The topological polar surface area (TPSA) is 66.8 Å². The lowest BCUT2D eigenvalue weighted by Crippen LogP contribution is -2.15. The molecular weight excluding hydrogens is 335 g/mol. The summed E-state index contributed by atoms with van der Waals surface area (Å²) in [5.74, 6) is -0.246. The van der Waals surface area contributed by atoms with Gasteiger partial charge in [-0.05, 0) is 29.8 Å². The SMILES string of the molecule is COP(=O)(c1ccccc1)C(c1ccccc1)c1c(O)cccc1O. The van der Waals surface area contributed by atoms with Crippen LogP contribution in [0.1, 0.15) is 16.8 Å². The first-order valence-corrected chi connectivity index (χ1v) is 9.54. The third kappa shape index (κ3) is 3.19. The molecule has 25 heavy (non-hydrogen) atoms. The lowest BCUT2D eigenvalue weighted by Gasteiger charge is -2.28. The average Bonchev–Trinajstić information content (AvgIpc) is 2.66. The zero-order valence-corrected chi connectivity index (χ0v) is 14.6. The Hall–Kier alpha value is -2.55. The Labute approximate surface area is 146 Å². The number of phenols is 2. The normalized spacial score (nSPS) is 14.6. The molecule has 0 aromatic heterocycles. The Balaban J connectivity index is 2.30. The molecule has 0 saturated heterocycles. The molecule has 0 saturated carbocycles. The van der Waals surface area contributed by atoms with Crippen LogP contribution in [-0.4, -0.2) is 17.3 Å². The van der Waals surface area contributed by atoms with E-state index in [1.807, 2.05) is 36.4 Å². The Morgan fingerprint density at radius 2 is 1.32 bits per heavy atom. The number of hydrogen-bond acceptors (Lipinski definition) is 4. The van der Waals surface area contributed by atoms with Crippen molar-refractivity contribution in [1.29, 1.82) is 0 Å². The fourth-order valence-corrected chi connectivity index (χ4v) is 5.46. The molecule has 128 valence electrons. The quantitative estimate of drug-likeness (QED) is 0.665. The van der Waals surface area contributed by atoms with Crippen LogP contribution in [0.25, 0.3) is 0 Å². The lowest BCUT2D eigenvalue weighted by molar-refractivity contribution is 0.391. The zero-order chi connectivity index (χ0) is 17.9. The highest BCUT2D eigenvalue weighted by Crippen LogP contribution is 2.63. The summed E-state index contributed by atoms with van der Waals surface area (Å²) in [7, 11) is -2.09. The maximum atomic E-state index is 13.9. The Morgan fingerprint density at radius 1 is 0.800 bits per heavy atom. The van der Waals surface area contributed by atoms with Crippen molar-refractivity contribution in [2.45, 2.75) is 5.66 Å². The molecule has 4 nitrogen and oxygen atoms in total. The monoisotopic (exact) mass is 354 g/mol. The van der Waals surface area contributed by atoms with Crippen LogP contribution in [0, 0.1) is 0 Å². The molecule has 0 bridgehead atoms. The van der Waals surface area contributed by atoms with Crippen molar-refractivity contribution in [3.8, 4) is 11.5 Å². The summed E-state index contributed by atoms with van der Waals surface area (Å²) in [6, 6.07) is 22.5. The molecule has 0 aliphatic rings. The van der Waals surface area contributed by atoms with E-state index < -0.39 is 13.0 Å². The number of phenolic OH excluding ortho intramolecular Hbond substituents is 2. The second-order valence-electron chi connectivity index (χ2n) is 5.64. The molecule has 0 aliphatic carbocycles. The molecule has 0 heterocycles. The number of aromatic hydroxyl groups is 2. The minimum absolute atomic E-state index is 0.123. The van der Waals surface area contributed by atoms with Gasteiger partial charge in [0.1, 0.15) is 11.5 Å². The van der Waals surface area contributed by atoms with E-state index in [2.05, 4.69) is 0 Å². The predicted octanol–water partition coefficient (Wildman–Crippen LogP) is 4.44. The van der Waals surface area contributed by atoms with E-state index in [9.17, 15) is 14.8 Å². The Morgan fingerprint density at radius 3 is 1.84 bits per heavy atom. The van der Waals surface area contributed by atoms with Gasteiger partial charge >= 0.3 is 0 Å². The van der Waals surface area contributed by atoms with E-state index in [4.69, 9.17) is 4.52 Å². The van der Waals surface area contributed by atoms with Gasteiger partial charge in [0.05, 0.1) is 11.2 Å². The molecule has 0 fully saturated rings. The molecule has 0 radical (unpaired) electrons. The van der Waals surface area contributed by atoms with Crippen LogP contribution in [0.15, 0.2) is 78.9 Å². The lowest BCUT2D eigenvalue weighted by atomic mass is 10.0. The predicted molar refractivity (Wildman–Crippen MR) is 98.7 cm³/mol. The van der Waals surface area contributed by atoms with Crippen LogP contribution in [0.2, 0.25) is 0 Å². The highest BCUT2D eigenvalue weighted by Gasteiger charge is 2.40. The zero-order valence-electron chi connectivity index (χ0n) is 13.7. The number of rotatable bonds is 5. The van der Waals surface area contributed by atoms with Crippen molar-refractivity contribution in [3.05, 3.63) is 90.0 Å². The number of benzene rings is 3. The maximum absolute atomic E-state index is 13.9. The van der Waals surface area contributed by atoms with Crippen LogP contribution < -0.4 is 5.30 Å². The van der Waals surface area contributed by atoms with Crippen molar-refractivity contribution in [1.82, 2.24) is 0 Å². The maximum Gasteiger partial charge on any atom is 0.243 e. The smallest absolute Gasteiger partial charge is 0.243 e. The summed E-state index contributed by atoms with van der Waals surface area (Å²) in [6.45, 7) is 0. The minimum atomic E-state index is -3.48. The van der Waals surface area contributed by atoms with Gasteiger partial charge in [-0.3, -0.25) is 4.57 Å². The second-order valence-corrected chi connectivity index (χ2v) is 8.23. The van der Waals surface area contributed by atoms with Crippen LogP contribution in [-0.2, 0) is 9.09 Å². The van der Waals surface area contributed by atoms with Gasteiger partial charge in [-0.1, -0.05) is 54.6 Å². The first-order chi connectivity index (χ1) is 12.1. The minimum Gasteiger partial charge on any atom is -0.507 e. The fraction of sp³-hybridized carbons (Fsp3) is 0.100. The molecule has 0 spiro atoms. The molecular formula is C20H19O4P. The molecule has 0 amide bonds. The first-order valence-electron chi connectivity index (χ1n) is 7.85. The summed E-state index contributed by atoms with van der Waals surface area (Å²) in [6.07, 6.45) is 0. The second kappa shape index (κ2) is 7.14. The average molecular weight is 354 g/mol. The van der Waals surface area contributed by atoms with E-state index in [1.54, 1.807) is 24.3 Å². The molecule has 2 unspecified atom stereocenters. The molecule has 5 heteroatoms. The first kappa shape index (κ1) is 17.3. The molecule has 3 aromatic carbocycles. The molecule has 2 atom stereocenters. The van der Waals surface area contributed by atoms with Crippen molar-refractivity contribution >= 4 is 12.7 Å². The van der Waals surface area contributed by atoms with Gasteiger partial charge in [-0.15, -0.1) is 0 Å².